The Bertz CT molecular complexity index is 462. The predicted octanol–water partition coefficient (Wildman–Crippen LogP) is 1.84. The average Bonchev–Trinajstić information content (AvgIpc) is 2.47. The van der Waals surface area contributed by atoms with E-state index in [4.69, 9.17) is 5.73 Å². The number of fused-ring (bicyclic) bond motifs is 1. The number of hydrogen-bond donors (Lipinski definition) is 1. The van der Waals surface area contributed by atoms with Crippen LogP contribution in [-0.2, 0) is 13.5 Å². The quantitative estimate of drug-likeness (QED) is 0.888. The first kappa shape index (κ1) is 9.68. The summed E-state index contributed by atoms with van der Waals surface area (Å²) in [7, 11) is 1.96. The molecule has 0 radical (unpaired) electrons. The molecule has 2 N–H and O–H groups in total. The zero-order valence-electron chi connectivity index (χ0n) is 8.00. The molecule has 1 aromatic heterocycles. The fourth-order valence-corrected chi connectivity index (χ4v) is 2.11. The third-order valence-electron chi connectivity index (χ3n) is 2.32. The molecule has 0 atom stereocenters. The minimum atomic E-state index is 0.654. The molecule has 74 valence electrons. The Morgan fingerprint density at radius 3 is 3.00 bits per heavy atom. The summed E-state index contributed by atoms with van der Waals surface area (Å²) in [5, 5.41) is 5.63. The van der Waals surface area contributed by atoms with E-state index >= 15 is 0 Å². The van der Waals surface area contributed by atoms with Crippen molar-refractivity contribution in [2.45, 2.75) is 6.42 Å². The van der Waals surface area contributed by atoms with Crippen molar-refractivity contribution in [3.8, 4) is 0 Å². The van der Waals surface area contributed by atoms with Crippen LogP contribution in [0.5, 0.6) is 0 Å². The van der Waals surface area contributed by atoms with Gasteiger partial charge in [-0.05, 0) is 28.5 Å². The fourth-order valence-electron chi connectivity index (χ4n) is 1.67. The van der Waals surface area contributed by atoms with Crippen LogP contribution < -0.4 is 5.73 Å². The Labute approximate surface area is 91.0 Å². The molecule has 0 bridgehead atoms. The molecule has 1 heterocycles. The van der Waals surface area contributed by atoms with Crippen LogP contribution in [0.4, 0.5) is 0 Å². The smallest absolute Gasteiger partial charge is 0.107 e. The van der Waals surface area contributed by atoms with Crippen LogP contribution in [0, 0.1) is 0 Å². The van der Waals surface area contributed by atoms with Crippen LogP contribution in [0.1, 0.15) is 5.69 Å². The van der Waals surface area contributed by atoms with Crippen LogP contribution in [0.2, 0.25) is 0 Å². The van der Waals surface area contributed by atoms with Gasteiger partial charge in [-0.1, -0.05) is 12.1 Å². The van der Waals surface area contributed by atoms with E-state index in [1.165, 1.54) is 11.1 Å². The van der Waals surface area contributed by atoms with Gasteiger partial charge in [-0.15, -0.1) is 0 Å². The molecule has 0 spiro atoms. The fraction of sp³-hybridized carbons (Fsp3) is 0.300. The number of aromatic nitrogens is 2. The van der Waals surface area contributed by atoms with Gasteiger partial charge in [0, 0.05) is 29.0 Å². The van der Waals surface area contributed by atoms with Gasteiger partial charge < -0.3 is 5.73 Å². The molecule has 14 heavy (non-hydrogen) atoms. The highest BCUT2D eigenvalue weighted by Crippen LogP contribution is 2.25. The molecule has 0 saturated heterocycles. The maximum atomic E-state index is 5.56. The zero-order valence-corrected chi connectivity index (χ0v) is 9.58. The monoisotopic (exact) mass is 253 g/mol. The number of rotatable bonds is 2. The third-order valence-corrected chi connectivity index (χ3v) is 2.96. The molecule has 0 aliphatic carbocycles. The van der Waals surface area contributed by atoms with Crippen LogP contribution in [0.15, 0.2) is 22.7 Å². The van der Waals surface area contributed by atoms with Gasteiger partial charge >= 0.3 is 0 Å². The molecule has 0 fully saturated rings. The summed E-state index contributed by atoms with van der Waals surface area (Å²) in [6.45, 7) is 0.654. The standard InChI is InChI=1S/C10H12BrN3/c1-14-9(5-6-12)7-3-2-4-8(11)10(7)13-14/h2-4H,5-6,12H2,1H3. The van der Waals surface area contributed by atoms with Gasteiger partial charge in [0.05, 0.1) is 0 Å². The highest BCUT2D eigenvalue weighted by Gasteiger charge is 2.09. The van der Waals surface area contributed by atoms with Crippen LogP contribution in [0.25, 0.3) is 10.9 Å². The summed E-state index contributed by atoms with van der Waals surface area (Å²) in [4.78, 5) is 0. The lowest BCUT2D eigenvalue weighted by Gasteiger charge is -1.98. The normalized spacial score (nSPS) is 11.1. The SMILES string of the molecule is Cn1nc2c(Br)cccc2c1CCN. The highest BCUT2D eigenvalue weighted by atomic mass is 79.9. The minimum absolute atomic E-state index is 0.654. The number of nitrogens with zero attached hydrogens (tertiary/aromatic N) is 2. The van der Waals surface area contributed by atoms with Crippen molar-refractivity contribution in [3.05, 3.63) is 28.4 Å². The van der Waals surface area contributed by atoms with Crippen molar-refractivity contribution >= 4 is 26.8 Å². The Morgan fingerprint density at radius 2 is 2.29 bits per heavy atom. The van der Waals surface area contributed by atoms with E-state index in [2.05, 4.69) is 27.1 Å². The topological polar surface area (TPSA) is 43.8 Å². The first-order chi connectivity index (χ1) is 6.74. The van der Waals surface area contributed by atoms with Gasteiger partial charge in [0.1, 0.15) is 5.52 Å². The molecule has 0 aliphatic rings. The summed E-state index contributed by atoms with van der Waals surface area (Å²) in [5.41, 5.74) is 7.78. The van der Waals surface area contributed by atoms with E-state index in [-0.39, 0.29) is 0 Å². The maximum Gasteiger partial charge on any atom is 0.107 e. The summed E-state index contributed by atoms with van der Waals surface area (Å²) < 4.78 is 2.94. The molecule has 0 amide bonds. The first-order valence-electron chi connectivity index (χ1n) is 4.54. The highest BCUT2D eigenvalue weighted by molar-refractivity contribution is 9.10. The molecule has 1 aromatic carbocycles. The molecule has 2 aromatic rings. The van der Waals surface area contributed by atoms with Crippen molar-refractivity contribution in [2.24, 2.45) is 12.8 Å². The number of aryl methyl sites for hydroxylation is 1. The van der Waals surface area contributed by atoms with E-state index in [0.29, 0.717) is 6.54 Å². The number of halogens is 1. The van der Waals surface area contributed by atoms with Gasteiger partial charge in [-0.25, -0.2) is 0 Å². The summed E-state index contributed by atoms with van der Waals surface area (Å²) >= 11 is 3.49. The molecular formula is C10H12BrN3. The number of nitrogens with two attached hydrogens (primary N) is 1. The van der Waals surface area contributed by atoms with Gasteiger partial charge in [0.2, 0.25) is 0 Å². The van der Waals surface area contributed by atoms with Crippen LogP contribution in [-0.4, -0.2) is 16.3 Å². The molecule has 3 nitrogen and oxygen atoms in total. The molecule has 4 heteroatoms. The second kappa shape index (κ2) is 3.71. The van der Waals surface area contributed by atoms with E-state index in [1.54, 1.807) is 0 Å². The Morgan fingerprint density at radius 1 is 1.50 bits per heavy atom. The van der Waals surface area contributed by atoms with Crippen molar-refractivity contribution in [1.29, 1.82) is 0 Å². The average molecular weight is 254 g/mol. The molecule has 2 rings (SSSR count). The predicted molar refractivity (Wildman–Crippen MR) is 61.2 cm³/mol. The lowest BCUT2D eigenvalue weighted by Crippen LogP contribution is -2.07. The summed E-state index contributed by atoms with van der Waals surface area (Å²) in [6.07, 6.45) is 0.865. The molecule has 0 saturated carbocycles. The largest absolute Gasteiger partial charge is 0.330 e. The summed E-state index contributed by atoms with van der Waals surface area (Å²) in [5.74, 6) is 0. The van der Waals surface area contributed by atoms with E-state index in [1.807, 2.05) is 23.9 Å². The van der Waals surface area contributed by atoms with Gasteiger partial charge in [0.15, 0.2) is 0 Å². The summed E-state index contributed by atoms with van der Waals surface area (Å²) in [6, 6.07) is 6.10. The Kier molecular flexibility index (Phi) is 2.56. The lowest BCUT2D eigenvalue weighted by molar-refractivity contribution is 0.715. The van der Waals surface area contributed by atoms with Crippen LogP contribution in [0.3, 0.4) is 0 Å². The number of benzene rings is 1. The van der Waals surface area contributed by atoms with Gasteiger partial charge in [0.25, 0.3) is 0 Å². The Balaban J connectivity index is 2.70. The molecule has 0 aliphatic heterocycles. The van der Waals surface area contributed by atoms with E-state index in [0.717, 1.165) is 16.4 Å². The maximum absolute atomic E-state index is 5.56. The molecular weight excluding hydrogens is 242 g/mol. The van der Waals surface area contributed by atoms with Crippen molar-refractivity contribution in [1.82, 2.24) is 9.78 Å². The van der Waals surface area contributed by atoms with Crippen molar-refractivity contribution in [3.63, 3.8) is 0 Å². The van der Waals surface area contributed by atoms with Crippen LogP contribution >= 0.6 is 15.9 Å². The second-order valence-corrected chi connectivity index (χ2v) is 4.10. The number of hydrogen-bond acceptors (Lipinski definition) is 2. The molecule has 0 unspecified atom stereocenters. The zero-order chi connectivity index (χ0) is 10.1. The lowest BCUT2D eigenvalue weighted by atomic mass is 10.2. The minimum Gasteiger partial charge on any atom is -0.330 e. The third kappa shape index (κ3) is 1.44. The second-order valence-electron chi connectivity index (χ2n) is 3.24. The van der Waals surface area contributed by atoms with Gasteiger partial charge in [-0.2, -0.15) is 5.10 Å². The van der Waals surface area contributed by atoms with Crippen molar-refractivity contribution < 1.29 is 0 Å². The Hall–Kier alpha value is -0.870. The first-order valence-corrected chi connectivity index (χ1v) is 5.33. The van der Waals surface area contributed by atoms with E-state index in [9.17, 15) is 0 Å². The van der Waals surface area contributed by atoms with E-state index < -0.39 is 0 Å². The van der Waals surface area contributed by atoms with Gasteiger partial charge in [-0.3, -0.25) is 4.68 Å². The van der Waals surface area contributed by atoms with Crippen molar-refractivity contribution in [2.75, 3.05) is 6.54 Å².